The van der Waals surface area contributed by atoms with Gasteiger partial charge in [0, 0.05) is 6.21 Å². The van der Waals surface area contributed by atoms with E-state index in [2.05, 4.69) is 20.3 Å². The highest BCUT2D eigenvalue weighted by molar-refractivity contribution is 5.88. The molecule has 7 nitrogen and oxygen atoms in total. The average Bonchev–Trinajstić information content (AvgIpc) is 3.00. The van der Waals surface area contributed by atoms with Gasteiger partial charge in [0.2, 0.25) is 0 Å². The first-order valence-corrected chi connectivity index (χ1v) is 6.83. The maximum atomic E-state index is 8.88. The number of methoxy groups -OCH3 is 1. The van der Waals surface area contributed by atoms with E-state index in [1.165, 1.54) is 6.33 Å². The molecule has 1 aromatic heterocycles. The number of hydrogen-bond acceptors (Lipinski definition) is 7. The van der Waals surface area contributed by atoms with Crippen molar-refractivity contribution in [3.8, 4) is 11.5 Å². The molecule has 0 fully saturated rings. The Balaban J connectivity index is 1.91. The zero-order chi connectivity index (χ0) is 15.4. The van der Waals surface area contributed by atoms with E-state index in [0.29, 0.717) is 23.9 Å². The molecule has 1 aliphatic rings. The number of rotatable bonds is 6. The fourth-order valence-corrected chi connectivity index (χ4v) is 2.20. The van der Waals surface area contributed by atoms with Crippen molar-refractivity contribution in [2.75, 3.05) is 25.6 Å². The molecule has 2 aromatic rings. The molecule has 3 rings (SSSR count). The molecule has 0 aliphatic carbocycles. The quantitative estimate of drug-likeness (QED) is 0.841. The molecule has 0 spiro atoms. The van der Waals surface area contributed by atoms with Gasteiger partial charge in [-0.15, -0.1) is 0 Å². The number of ether oxygens (including phenoxy) is 2. The number of anilines is 2. The Kier molecular flexibility index (Phi) is 4.15. The average molecular weight is 300 g/mol. The van der Waals surface area contributed by atoms with E-state index in [0.717, 1.165) is 16.8 Å². The van der Waals surface area contributed by atoms with Crippen molar-refractivity contribution in [1.82, 2.24) is 9.97 Å². The first-order valence-electron chi connectivity index (χ1n) is 6.83. The van der Waals surface area contributed by atoms with Gasteiger partial charge in [0.15, 0.2) is 11.6 Å². The molecule has 2 heterocycles. The van der Waals surface area contributed by atoms with E-state index in [9.17, 15) is 0 Å². The SMILES string of the molecule is COc1cc2c(cc1Nc1ncncc1OCCO)C=NC2. The van der Waals surface area contributed by atoms with Crippen LogP contribution in [0.1, 0.15) is 11.1 Å². The lowest BCUT2D eigenvalue weighted by Gasteiger charge is -2.14. The van der Waals surface area contributed by atoms with Gasteiger partial charge in [0.05, 0.1) is 32.1 Å². The molecule has 0 unspecified atom stereocenters. The minimum absolute atomic E-state index is 0.0764. The second-order valence-electron chi connectivity index (χ2n) is 4.65. The highest BCUT2D eigenvalue weighted by atomic mass is 16.5. The van der Waals surface area contributed by atoms with Crippen LogP contribution < -0.4 is 14.8 Å². The summed E-state index contributed by atoms with van der Waals surface area (Å²) < 4.78 is 10.8. The van der Waals surface area contributed by atoms with Gasteiger partial charge in [-0.2, -0.15) is 0 Å². The number of nitrogens with zero attached hydrogens (tertiary/aromatic N) is 3. The maximum absolute atomic E-state index is 8.88. The third-order valence-corrected chi connectivity index (χ3v) is 3.23. The normalized spacial score (nSPS) is 12.1. The molecule has 0 saturated heterocycles. The van der Waals surface area contributed by atoms with E-state index in [1.807, 2.05) is 18.3 Å². The number of aromatic nitrogens is 2. The summed E-state index contributed by atoms with van der Waals surface area (Å²) in [5.74, 6) is 1.68. The standard InChI is InChI=1S/C15H16N4O3/c1-21-13-5-11-7-16-6-10(11)4-12(13)19-15-14(22-3-2-20)8-17-9-18-15/h4-6,8-9,20H,2-3,7H2,1H3,(H,17,18,19). The lowest BCUT2D eigenvalue weighted by atomic mass is 10.1. The van der Waals surface area contributed by atoms with Crippen LogP contribution >= 0.6 is 0 Å². The minimum atomic E-state index is -0.0764. The van der Waals surface area contributed by atoms with Crippen LogP contribution in [-0.4, -0.2) is 41.6 Å². The van der Waals surface area contributed by atoms with Gasteiger partial charge in [0.1, 0.15) is 18.7 Å². The fraction of sp³-hybridized carbons (Fsp3) is 0.267. The smallest absolute Gasteiger partial charge is 0.180 e. The molecule has 1 aliphatic heterocycles. The molecule has 0 amide bonds. The van der Waals surface area contributed by atoms with Crippen molar-refractivity contribution in [2.24, 2.45) is 4.99 Å². The van der Waals surface area contributed by atoms with Gasteiger partial charge in [-0.25, -0.2) is 9.97 Å². The molecular weight excluding hydrogens is 284 g/mol. The summed E-state index contributed by atoms with van der Waals surface area (Å²) in [7, 11) is 1.62. The lowest BCUT2D eigenvalue weighted by Crippen LogP contribution is -2.06. The monoisotopic (exact) mass is 300 g/mol. The number of fused-ring (bicyclic) bond motifs is 1. The summed E-state index contributed by atoms with van der Waals surface area (Å²) in [4.78, 5) is 12.4. The highest BCUT2D eigenvalue weighted by Gasteiger charge is 2.14. The maximum Gasteiger partial charge on any atom is 0.180 e. The van der Waals surface area contributed by atoms with Gasteiger partial charge in [-0.05, 0) is 23.3 Å². The van der Waals surface area contributed by atoms with E-state index in [4.69, 9.17) is 14.6 Å². The number of nitrogens with one attached hydrogen (secondary N) is 1. The topological polar surface area (TPSA) is 88.9 Å². The van der Waals surface area contributed by atoms with Crippen LogP contribution in [0.5, 0.6) is 11.5 Å². The van der Waals surface area contributed by atoms with Crippen LogP contribution in [0.15, 0.2) is 29.6 Å². The Hall–Kier alpha value is -2.67. The Bertz CT molecular complexity index is 703. The van der Waals surface area contributed by atoms with Crippen LogP contribution in [0.2, 0.25) is 0 Å². The fourth-order valence-electron chi connectivity index (χ4n) is 2.20. The molecule has 1 aromatic carbocycles. The van der Waals surface area contributed by atoms with Crippen molar-refractivity contribution in [1.29, 1.82) is 0 Å². The molecule has 0 atom stereocenters. The van der Waals surface area contributed by atoms with E-state index >= 15 is 0 Å². The van der Waals surface area contributed by atoms with Crippen molar-refractivity contribution < 1.29 is 14.6 Å². The number of aliphatic hydroxyl groups excluding tert-OH is 1. The number of aliphatic hydroxyl groups is 1. The van der Waals surface area contributed by atoms with Crippen LogP contribution in [0.25, 0.3) is 0 Å². The number of aliphatic imine (C=N–C) groups is 1. The summed E-state index contributed by atoms with van der Waals surface area (Å²) in [5.41, 5.74) is 2.94. The second-order valence-corrected chi connectivity index (χ2v) is 4.65. The summed E-state index contributed by atoms with van der Waals surface area (Å²) in [5, 5.41) is 12.1. The Morgan fingerprint density at radius 1 is 1.32 bits per heavy atom. The van der Waals surface area contributed by atoms with Gasteiger partial charge in [-0.1, -0.05) is 0 Å². The zero-order valence-electron chi connectivity index (χ0n) is 12.1. The van der Waals surface area contributed by atoms with E-state index in [1.54, 1.807) is 13.3 Å². The van der Waals surface area contributed by atoms with Gasteiger partial charge >= 0.3 is 0 Å². The predicted octanol–water partition coefficient (Wildman–Crippen LogP) is 1.53. The largest absolute Gasteiger partial charge is 0.495 e. The number of hydrogen-bond donors (Lipinski definition) is 2. The zero-order valence-corrected chi connectivity index (χ0v) is 12.1. The van der Waals surface area contributed by atoms with Crippen molar-refractivity contribution >= 4 is 17.7 Å². The van der Waals surface area contributed by atoms with Gasteiger partial charge in [-0.3, -0.25) is 4.99 Å². The predicted molar refractivity (Wildman–Crippen MR) is 82.2 cm³/mol. The summed E-state index contributed by atoms with van der Waals surface area (Å²) in [6.07, 6.45) is 4.81. The van der Waals surface area contributed by atoms with Crippen molar-refractivity contribution in [3.63, 3.8) is 0 Å². The summed E-state index contributed by atoms with van der Waals surface area (Å²) in [6, 6.07) is 3.92. The van der Waals surface area contributed by atoms with Gasteiger partial charge in [0.25, 0.3) is 0 Å². The van der Waals surface area contributed by atoms with Crippen molar-refractivity contribution in [2.45, 2.75) is 6.54 Å². The molecule has 0 saturated carbocycles. The number of benzene rings is 1. The Morgan fingerprint density at radius 2 is 2.23 bits per heavy atom. The van der Waals surface area contributed by atoms with Crippen LogP contribution in [0, 0.1) is 0 Å². The molecule has 2 N–H and O–H groups in total. The molecule has 114 valence electrons. The molecule has 0 bridgehead atoms. The van der Waals surface area contributed by atoms with Gasteiger partial charge < -0.3 is 19.9 Å². The van der Waals surface area contributed by atoms with Crippen molar-refractivity contribution in [3.05, 3.63) is 35.8 Å². The van der Waals surface area contributed by atoms with Crippen LogP contribution in [-0.2, 0) is 6.54 Å². The Morgan fingerprint density at radius 3 is 3.05 bits per heavy atom. The minimum Gasteiger partial charge on any atom is -0.495 e. The molecular formula is C15H16N4O3. The second kappa shape index (κ2) is 6.40. The summed E-state index contributed by atoms with van der Waals surface area (Å²) in [6.45, 7) is 0.771. The highest BCUT2D eigenvalue weighted by Crippen LogP contribution is 2.34. The third kappa shape index (κ3) is 2.84. The van der Waals surface area contributed by atoms with E-state index < -0.39 is 0 Å². The first kappa shape index (κ1) is 14.3. The Labute approximate surface area is 127 Å². The third-order valence-electron chi connectivity index (χ3n) is 3.23. The first-order chi connectivity index (χ1) is 10.8. The molecule has 22 heavy (non-hydrogen) atoms. The molecule has 0 radical (unpaired) electrons. The van der Waals surface area contributed by atoms with E-state index in [-0.39, 0.29) is 13.2 Å². The lowest BCUT2D eigenvalue weighted by molar-refractivity contribution is 0.201. The van der Waals surface area contributed by atoms with Crippen LogP contribution in [0.4, 0.5) is 11.5 Å². The molecule has 7 heteroatoms. The van der Waals surface area contributed by atoms with Crippen LogP contribution in [0.3, 0.4) is 0 Å². The summed E-state index contributed by atoms with van der Waals surface area (Å²) >= 11 is 0.